The first-order valence-electron chi connectivity index (χ1n) is 6.22. The molecule has 1 aliphatic rings. The molecule has 0 aromatic carbocycles. The minimum Gasteiger partial charge on any atom is -0.260 e. The van der Waals surface area contributed by atoms with E-state index in [1.807, 2.05) is 30.9 Å². The van der Waals surface area contributed by atoms with Gasteiger partial charge in [0.15, 0.2) is 11.9 Å². The van der Waals surface area contributed by atoms with E-state index in [0.717, 1.165) is 29.2 Å². The standard InChI is InChI=1S/C14H10N5/c1-2-10-6-17-8-12-18(14(17)13(10)16-4-1)7-11-3-5-15-9-19(11)12/h1-5,7-9H,6H2/q+1. The van der Waals surface area contributed by atoms with E-state index < -0.39 is 0 Å². The van der Waals surface area contributed by atoms with Crippen LogP contribution in [-0.2, 0) is 6.54 Å². The third-order valence-electron chi connectivity index (χ3n) is 3.76. The number of hydrogen-bond acceptors (Lipinski definition) is 2. The maximum Gasteiger partial charge on any atom is 0.315 e. The van der Waals surface area contributed by atoms with Gasteiger partial charge in [-0.1, -0.05) is 6.07 Å². The highest BCUT2D eigenvalue weighted by molar-refractivity contribution is 5.64. The Hall–Kier alpha value is -2.69. The molecule has 0 spiro atoms. The smallest absolute Gasteiger partial charge is 0.260 e. The minimum atomic E-state index is 0.891. The van der Waals surface area contributed by atoms with Crippen molar-refractivity contribution in [1.82, 2.24) is 18.8 Å². The van der Waals surface area contributed by atoms with Crippen LogP contribution in [0.5, 0.6) is 0 Å². The highest BCUT2D eigenvalue weighted by Crippen LogP contribution is 2.26. The van der Waals surface area contributed by atoms with Crippen LogP contribution in [0.3, 0.4) is 0 Å². The summed E-state index contributed by atoms with van der Waals surface area (Å²) in [5, 5.41) is 0. The third-order valence-corrected chi connectivity index (χ3v) is 3.76. The van der Waals surface area contributed by atoms with Gasteiger partial charge in [-0.05, 0) is 12.1 Å². The highest BCUT2D eigenvalue weighted by Gasteiger charge is 2.32. The number of hydrogen-bond donors (Lipinski definition) is 0. The van der Waals surface area contributed by atoms with E-state index in [9.17, 15) is 0 Å². The summed E-state index contributed by atoms with van der Waals surface area (Å²) < 4.78 is 6.52. The summed E-state index contributed by atoms with van der Waals surface area (Å²) in [4.78, 5) is 8.71. The average Bonchev–Trinajstić information content (AvgIpc) is 3.05. The molecule has 0 amide bonds. The Bertz CT molecular complexity index is 947. The van der Waals surface area contributed by atoms with E-state index >= 15 is 0 Å². The lowest BCUT2D eigenvalue weighted by atomic mass is 10.2. The molecule has 0 bridgehead atoms. The van der Waals surface area contributed by atoms with Crippen molar-refractivity contribution in [1.29, 1.82) is 0 Å². The van der Waals surface area contributed by atoms with Gasteiger partial charge >= 0.3 is 5.82 Å². The van der Waals surface area contributed by atoms with E-state index in [2.05, 4.69) is 41.8 Å². The molecule has 0 atom stereocenters. The fourth-order valence-corrected chi connectivity index (χ4v) is 2.94. The van der Waals surface area contributed by atoms with Crippen LogP contribution in [0.4, 0.5) is 0 Å². The molecule has 5 heteroatoms. The zero-order chi connectivity index (χ0) is 12.4. The van der Waals surface area contributed by atoms with E-state index in [1.54, 1.807) is 0 Å². The summed E-state index contributed by atoms with van der Waals surface area (Å²) >= 11 is 0. The van der Waals surface area contributed by atoms with Gasteiger partial charge in [-0.3, -0.25) is 4.40 Å². The lowest BCUT2D eigenvalue weighted by Crippen LogP contribution is -2.29. The van der Waals surface area contributed by atoms with Crippen LogP contribution in [0.15, 0.2) is 49.3 Å². The van der Waals surface area contributed by atoms with Crippen molar-refractivity contribution in [2.75, 3.05) is 0 Å². The summed E-state index contributed by atoms with van der Waals surface area (Å²) in [6, 6.07) is 6.14. The molecule has 1 aliphatic heterocycles. The van der Waals surface area contributed by atoms with E-state index in [1.165, 1.54) is 5.56 Å². The molecule has 0 fully saturated rings. The number of nitrogens with zero attached hydrogens (tertiary/aromatic N) is 5. The Morgan fingerprint density at radius 1 is 1.16 bits per heavy atom. The monoisotopic (exact) mass is 248 g/mol. The van der Waals surface area contributed by atoms with Crippen LogP contribution in [0.25, 0.3) is 22.7 Å². The van der Waals surface area contributed by atoms with Crippen LogP contribution in [-0.4, -0.2) is 18.8 Å². The Balaban J connectivity index is 1.97. The first kappa shape index (κ1) is 9.27. The zero-order valence-corrected chi connectivity index (χ0v) is 10.1. The van der Waals surface area contributed by atoms with Crippen molar-refractivity contribution in [2.24, 2.45) is 0 Å². The lowest BCUT2D eigenvalue weighted by molar-refractivity contribution is -0.670. The fraction of sp³-hybridized carbons (Fsp3) is 0.0714. The van der Waals surface area contributed by atoms with E-state index in [4.69, 9.17) is 0 Å². The van der Waals surface area contributed by atoms with Gasteiger partial charge in [0.05, 0.1) is 5.52 Å². The van der Waals surface area contributed by atoms with E-state index in [0.29, 0.717) is 0 Å². The van der Waals surface area contributed by atoms with Gasteiger partial charge in [0, 0.05) is 18.0 Å². The van der Waals surface area contributed by atoms with Crippen molar-refractivity contribution < 1.29 is 4.57 Å². The van der Waals surface area contributed by atoms with Gasteiger partial charge < -0.3 is 0 Å². The van der Waals surface area contributed by atoms with Crippen molar-refractivity contribution in [2.45, 2.75) is 6.54 Å². The second kappa shape index (κ2) is 3.00. The minimum absolute atomic E-state index is 0.891. The zero-order valence-electron chi connectivity index (χ0n) is 10.1. The molecule has 19 heavy (non-hydrogen) atoms. The molecule has 0 unspecified atom stereocenters. The Kier molecular flexibility index (Phi) is 1.46. The first-order chi connectivity index (χ1) is 9.42. The molecule has 0 aliphatic carbocycles. The van der Waals surface area contributed by atoms with Crippen LogP contribution in [0.1, 0.15) is 5.56 Å². The number of pyridine rings is 1. The van der Waals surface area contributed by atoms with Crippen LogP contribution in [0, 0.1) is 0 Å². The molecular weight excluding hydrogens is 238 g/mol. The summed E-state index contributed by atoms with van der Waals surface area (Å²) in [5.74, 6) is 1.15. The molecule has 0 N–H and O–H groups in total. The second-order valence-electron chi connectivity index (χ2n) is 4.82. The molecule has 90 valence electrons. The summed E-state index contributed by atoms with van der Waals surface area (Å²) in [6.07, 6.45) is 9.80. The molecule has 5 rings (SSSR count). The third kappa shape index (κ3) is 1.03. The van der Waals surface area contributed by atoms with Crippen molar-refractivity contribution in [3.63, 3.8) is 0 Å². The van der Waals surface area contributed by atoms with Gasteiger partial charge in [-0.2, -0.15) is 4.40 Å². The van der Waals surface area contributed by atoms with Gasteiger partial charge in [-0.25, -0.2) is 14.5 Å². The maximum absolute atomic E-state index is 4.53. The number of rotatable bonds is 0. The normalized spacial score (nSPS) is 13.1. The average molecular weight is 248 g/mol. The molecule has 0 saturated heterocycles. The molecule has 4 aromatic rings. The maximum atomic E-state index is 4.53. The molecule has 5 heterocycles. The Morgan fingerprint density at radius 2 is 2.16 bits per heavy atom. The second-order valence-corrected chi connectivity index (χ2v) is 4.82. The van der Waals surface area contributed by atoms with E-state index in [-0.39, 0.29) is 0 Å². The van der Waals surface area contributed by atoms with Gasteiger partial charge in [0.1, 0.15) is 19.1 Å². The predicted molar refractivity (Wildman–Crippen MR) is 68.7 cm³/mol. The number of imidazole rings is 2. The quantitative estimate of drug-likeness (QED) is 0.387. The van der Waals surface area contributed by atoms with Crippen LogP contribution < -0.4 is 4.57 Å². The summed E-state index contributed by atoms with van der Waals surface area (Å²) in [7, 11) is 0. The van der Waals surface area contributed by atoms with Crippen molar-refractivity contribution >= 4 is 11.2 Å². The topological polar surface area (TPSA) is 38.5 Å². The predicted octanol–water partition coefficient (Wildman–Crippen LogP) is 1.30. The molecule has 0 saturated carbocycles. The first-order valence-corrected chi connectivity index (χ1v) is 6.22. The number of aromatic nitrogens is 5. The largest absolute Gasteiger partial charge is 0.315 e. The highest BCUT2D eigenvalue weighted by atomic mass is 15.2. The van der Waals surface area contributed by atoms with Gasteiger partial charge in [-0.15, -0.1) is 0 Å². The summed E-state index contributed by atoms with van der Waals surface area (Å²) in [6.45, 7) is 0.891. The van der Waals surface area contributed by atoms with Crippen LogP contribution >= 0.6 is 0 Å². The fourth-order valence-electron chi connectivity index (χ4n) is 2.94. The molecular formula is C14H10N5+. The SMILES string of the molecule is c1cnc2c(c1)C[n+]1cc3n(cc4ccncn43)c1-2. The number of fused-ring (bicyclic) bond motifs is 7. The summed E-state index contributed by atoms with van der Waals surface area (Å²) in [5.41, 5.74) is 4.61. The van der Waals surface area contributed by atoms with Crippen LogP contribution in [0.2, 0.25) is 0 Å². The Labute approximate surface area is 108 Å². The van der Waals surface area contributed by atoms with Gasteiger partial charge in [0.2, 0.25) is 0 Å². The molecule has 5 nitrogen and oxygen atoms in total. The Morgan fingerprint density at radius 3 is 3.16 bits per heavy atom. The van der Waals surface area contributed by atoms with Gasteiger partial charge in [0.25, 0.3) is 5.65 Å². The van der Waals surface area contributed by atoms with Crippen molar-refractivity contribution in [3.8, 4) is 11.5 Å². The molecule has 4 aromatic heterocycles. The molecule has 0 radical (unpaired) electrons. The lowest BCUT2D eigenvalue weighted by Gasteiger charge is -1.91. The van der Waals surface area contributed by atoms with Crippen molar-refractivity contribution in [3.05, 3.63) is 54.9 Å².